The number of nitrogens with one attached hydrogen (secondary N) is 2. The number of aromatic amines is 1. The lowest BCUT2D eigenvalue weighted by molar-refractivity contribution is -0.137. The molecular weight excluding hydrogens is 417 g/mol. The third kappa shape index (κ3) is 5.76. The lowest BCUT2D eigenvalue weighted by Gasteiger charge is -2.08. The molecule has 0 bridgehead atoms. The standard InChI is InChI=1S/C21H23F3N2O3S/c1-29-11-12-30(27,28)26-20-14-25-19-10-7-16(13-18(19)20)4-2-3-15-5-8-17(9-6-15)21(22,23)24/h5-10,13-14,25-26H,2-4,11-12H2,1H3. The van der Waals surface area contributed by atoms with Gasteiger partial charge in [-0.1, -0.05) is 18.2 Å². The lowest BCUT2D eigenvalue weighted by Crippen LogP contribution is -2.19. The molecule has 9 heteroatoms. The average Bonchev–Trinajstić information content (AvgIpc) is 3.08. The van der Waals surface area contributed by atoms with Crippen LogP contribution in [0.15, 0.2) is 48.7 Å². The zero-order valence-electron chi connectivity index (χ0n) is 16.4. The number of halogens is 3. The highest BCUT2D eigenvalue weighted by atomic mass is 32.2. The molecular formula is C21H23F3N2O3S. The van der Waals surface area contributed by atoms with Crippen LogP contribution in [-0.4, -0.2) is 32.9 Å². The molecule has 3 aromatic rings. The number of sulfonamides is 1. The Balaban J connectivity index is 1.64. The maximum Gasteiger partial charge on any atom is 0.416 e. The van der Waals surface area contributed by atoms with Gasteiger partial charge in [0.2, 0.25) is 10.0 Å². The summed E-state index contributed by atoms with van der Waals surface area (Å²) in [6.45, 7) is 0.104. The number of anilines is 1. The summed E-state index contributed by atoms with van der Waals surface area (Å²) in [6, 6.07) is 11.0. The summed E-state index contributed by atoms with van der Waals surface area (Å²) in [5, 5.41) is 0.767. The van der Waals surface area contributed by atoms with Crippen LogP contribution in [0.2, 0.25) is 0 Å². The maximum atomic E-state index is 12.6. The Hall–Kier alpha value is -2.52. The van der Waals surface area contributed by atoms with Crippen molar-refractivity contribution < 1.29 is 26.3 Å². The molecule has 0 spiro atoms. The molecule has 1 aromatic heterocycles. The number of rotatable bonds is 9. The van der Waals surface area contributed by atoms with Crippen LogP contribution in [0.5, 0.6) is 0 Å². The van der Waals surface area contributed by atoms with E-state index in [-0.39, 0.29) is 12.4 Å². The van der Waals surface area contributed by atoms with Gasteiger partial charge in [0.25, 0.3) is 0 Å². The van der Waals surface area contributed by atoms with Crippen molar-refractivity contribution in [2.45, 2.75) is 25.4 Å². The first-order valence-corrected chi connectivity index (χ1v) is 11.1. The van der Waals surface area contributed by atoms with Crippen molar-refractivity contribution in [3.63, 3.8) is 0 Å². The van der Waals surface area contributed by atoms with Crippen LogP contribution in [-0.2, 0) is 33.8 Å². The molecule has 0 unspecified atom stereocenters. The van der Waals surface area contributed by atoms with Gasteiger partial charge >= 0.3 is 6.18 Å². The molecule has 162 valence electrons. The number of alkyl halides is 3. The van der Waals surface area contributed by atoms with E-state index < -0.39 is 21.8 Å². The molecule has 0 radical (unpaired) electrons. The highest BCUT2D eigenvalue weighted by Crippen LogP contribution is 2.29. The maximum absolute atomic E-state index is 12.6. The minimum absolute atomic E-state index is 0.104. The number of benzene rings is 2. The van der Waals surface area contributed by atoms with E-state index in [9.17, 15) is 21.6 Å². The zero-order chi connectivity index (χ0) is 21.8. The van der Waals surface area contributed by atoms with Crippen molar-refractivity contribution in [2.75, 3.05) is 24.2 Å². The average molecular weight is 440 g/mol. The van der Waals surface area contributed by atoms with Gasteiger partial charge in [0.15, 0.2) is 0 Å². The van der Waals surface area contributed by atoms with Crippen molar-refractivity contribution in [3.8, 4) is 0 Å². The van der Waals surface area contributed by atoms with Gasteiger partial charge in [0, 0.05) is 24.2 Å². The Morgan fingerprint density at radius 1 is 1.03 bits per heavy atom. The second kappa shape index (κ2) is 9.09. The molecule has 0 amide bonds. The van der Waals surface area contributed by atoms with Gasteiger partial charge in [-0.3, -0.25) is 4.72 Å². The minimum Gasteiger partial charge on any atom is -0.384 e. The predicted molar refractivity (Wildman–Crippen MR) is 111 cm³/mol. The molecule has 2 aromatic carbocycles. The van der Waals surface area contributed by atoms with E-state index in [0.29, 0.717) is 12.1 Å². The van der Waals surface area contributed by atoms with Gasteiger partial charge in [0.05, 0.1) is 23.6 Å². The number of aromatic nitrogens is 1. The minimum atomic E-state index is -4.33. The van der Waals surface area contributed by atoms with E-state index in [1.165, 1.54) is 19.2 Å². The van der Waals surface area contributed by atoms with Gasteiger partial charge < -0.3 is 9.72 Å². The summed E-state index contributed by atoms with van der Waals surface area (Å²) in [5.41, 5.74) is 2.50. The van der Waals surface area contributed by atoms with Crippen LogP contribution in [0.3, 0.4) is 0 Å². The van der Waals surface area contributed by atoms with Crippen LogP contribution in [0, 0.1) is 0 Å². The number of hydrogen-bond acceptors (Lipinski definition) is 3. The van der Waals surface area contributed by atoms with E-state index in [0.717, 1.165) is 47.0 Å². The topological polar surface area (TPSA) is 71.2 Å². The van der Waals surface area contributed by atoms with E-state index in [1.54, 1.807) is 6.20 Å². The van der Waals surface area contributed by atoms with Crippen LogP contribution in [0.1, 0.15) is 23.1 Å². The van der Waals surface area contributed by atoms with Crippen molar-refractivity contribution in [1.29, 1.82) is 0 Å². The molecule has 2 N–H and O–H groups in total. The fourth-order valence-electron chi connectivity index (χ4n) is 3.18. The molecule has 0 fully saturated rings. The van der Waals surface area contributed by atoms with Crippen molar-refractivity contribution in [1.82, 2.24) is 4.98 Å². The molecule has 3 rings (SSSR count). The van der Waals surface area contributed by atoms with E-state index in [4.69, 9.17) is 4.74 Å². The fraction of sp³-hybridized carbons (Fsp3) is 0.333. The van der Waals surface area contributed by atoms with Crippen molar-refractivity contribution in [3.05, 3.63) is 65.4 Å². The predicted octanol–water partition coefficient (Wildman–Crippen LogP) is 4.75. The largest absolute Gasteiger partial charge is 0.416 e. The first-order chi connectivity index (χ1) is 14.2. The Morgan fingerprint density at radius 2 is 1.70 bits per heavy atom. The number of fused-ring (bicyclic) bond motifs is 1. The van der Waals surface area contributed by atoms with Crippen LogP contribution in [0.4, 0.5) is 18.9 Å². The molecule has 0 aliphatic rings. The Bertz CT molecular complexity index is 1090. The first kappa shape index (κ1) is 22.2. The molecule has 1 heterocycles. The van der Waals surface area contributed by atoms with Crippen molar-refractivity contribution in [2.24, 2.45) is 0 Å². The lowest BCUT2D eigenvalue weighted by atomic mass is 10.0. The molecule has 30 heavy (non-hydrogen) atoms. The smallest absolute Gasteiger partial charge is 0.384 e. The normalized spacial score (nSPS) is 12.4. The number of H-pyrrole nitrogens is 1. The summed E-state index contributed by atoms with van der Waals surface area (Å²) in [5.74, 6) is -0.136. The molecule has 0 aliphatic heterocycles. The highest BCUT2D eigenvalue weighted by molar-refractivity contribution is 7.92. The highest BCUT2D eigenvalue weighted by Gasteiger charge is 2.29. The van der Waals surface area contributed by atoms with Gasteiger partial charge in [-0.15, -0.1) is 0 Å². The third-order valence-electron chi connectivity index (χ3n) is 4.78. The molecule has 5 nitrogen and oxygen atoms in total. The zero-order valence-corrected chi connectivity index (χ0v) is 17.2. The van der Waals surface area contributed by atoms with Crippen LogP contribution < -0.4 is 4.72 Å². The number of methoxy groups -OCH3 is 1. The summed E-state index contributed by atoms with van der Waals surface area (Å²) in [7, 11) is -2.07. The number of ether oxygens (including phenoxy) is 1. The van der Waals surface area contributed by atoms with Gasteiger partial charge in [-0.2, -0.15) is 13.2 Å². The van der Waals surface area contributed by atoms with E-state index in [1.807, 2.05) is 18.2 Å². The first-order valence-electron chi connectivity index (χ1n) is 9.43. The van der Waals surface area contributed by atoms with Gasteiger partial charge in [-0.05, 0) is 54.7 Å². The molecule has 0 atom stereocenters. The molecule has 0 aliphatic carbocycles. The molecule has 0 saturated carbocycles. The van der Waals surface area contributed by atoms with E-state index in [2.05, 4.69) is 9.71 Å². The SMILES string of the molecule is COCCS(=O)(=O)Nc1c[nH]c2ccc(CCCc3ccc(C(F)(F)F)cc3)cc12. The van der Waals surface area contributed by atoms with Crippen LogP contribution >= 0.6 is 0 Å². The Morgan fingerprint density at radius 3 is 2.37 bits per heavy atom. The van der Waals surface area contributed by atoms with Gasteiger partial charge in [-0.25, -0.2) is 8.42 Å². The van der Waals surface area contributed by atoms with Crippen molar-refractivity contribution >= 4 is 26.6 Å². The monoisotopic (exact) mass is 440 g/mol. The fourth-order valence-corrected chi connectivity index (χ4v) is 4.17. The van der Waals surface area contributed by atoms with Gasteiger partial charge in [0.1, 0.15) is 0 Å². The third-order valence-corrected chi connectivity index (χ3v) is 6.02. The summed E-state index contributed by atoms with van der Waals surface area (Å²) >= 11 is 0. The number of aryl methyl sites for hydroxylation is 2. The Kier molecular flexibility index (Phi) is 6.72. The second-order valence-electron chi connectivity index (χ2n) is 7.04. The Labute approximate surface area is 173 Å². The van der Waals surface area contributed by atoms with E-state index >= 15 is 0 Å². The summed E-state index contributed by atoms with van der Waals surface area (Å²) < 4.78 is 69.6. The quantitative estimate of drug-likeness (QED) is 0.504. The molecule has 0 saturated heterocycles. The summed E-state index contributed by atoms with van der Waals surface area (Å²) in [4.78, 5) is 3.04. The van der Waals surface area contributed by atoms with Crippen LogP contribution in [0.25, 0.3) is 10.9 Å². The summed E-state index contributed by atoms with van der Waals surface area (Å²) in [6.07, 6.45) is -0.581. The second-order valence-corrected chi connectivity index (χ2v) is 8.89. The number of hydrogen-bond donors (Lipinski definition) is 2.